The van der Waals surface area contributed by atoms with Crippen molar-refractivity contribution in [3.05, 3.63) is 37.9 Å². The Morgan fingerprint density at radius 1 is 1.12 bits per heavy atom. The summed E-state index contributed by atoms with van der Waals surface area (Å²) < 4.78 is 1.12. The lowest BCUT2D eigenvalue weighted by molar-refractivity contribution is 1.19. The number of benzene rings is 1. The largest absolute Gasteiger partial charge is 0.253 e. The van der Waals surface area contributed by atoms with E-state index < -0.39 is 0 Å². The fraction of sp³-hybridized carbons (Fsp3) is 0.308. The van der Waals surface area contributed by atoms with Gasteiger partial charge in [-0.3, -0.25) is 4.98 Å². The van der Waals surface area contributed by atoms with Crippen molar-refractivity contribution in [2.45, 2.75) is 27.7 Å². The summed E-state index contributed by atoms with van der Waals surface area (Å²) in [5.41, 5.74) is 5.39. The van der Waals surface area contributed by atoms with E-state index >= 15 is 0 Å². The fourth-order valence-corrected chi connectivity index (χ4v) is 2.60. The molecule has 3 heteroatoms. The highest BCUT2D eigenvalue weighted by Crippen LogP contribution is 2.35. The van der Waals surface area contributed by atoms with Gasteiger partial charge in [-0.25, -0.2) is 0 Å². The van der Waals surface area contributed by atoms with Crippen LogP contribution in [0.1, 0.15) is 22.4 Å². The lowest BCUT2D eigenvalue weighted by Crippen LogP contribution is -1.94. The fourth-order valence-electron chi connectivity index (χ4n) is 1.91. The molecule has 0 amide bonds. The smallest absolute Gasteiger partial charge is 0.0726 e. The van der Waals surface area contributed by atoms with Crippen LogP contribution in [0.2, 0.25) is 5.02 Å². The monoisotopic (exact) mass is 297 g/mol. The second-order valence-electron chi connectivity index (χ2n) is 4.16. The summed E-state index contributed by atoms with van der Waals surface area (Å²) >= 11 is 9.99. The number of hydrogen-bond donors (Lipinski definition) is 0. The SMILES string of the molecule is Cc1cc2nc(C)c(C)c(Cl)c2c(C)c1Br. The summed E-state index contributed by atoms with van der Waals surface area (Å²) in [6.07, 6.45) is 0. The number of rotatable bonds is 0. The number of halogens is 2. The van der Waals surface area contributed by atoms with E-state index in [0.717, 1.165) is 37.2 Å². The molecule has 0 saturated carbocycles. The van der Waals surface area contributed by atoms with Crippen molar-refractivity contribution in [3.63, 3.8) is 0 Å². The predicted molar refractivity (Wildman–Crippen MR) is 73.4 cm³/mol. The molecule has 0 saturated heterocycles. The average molecular weight is 299 g/mol. The zero-order chi connectivity index (χ0) is 12.0. The number of pyridine rings is 1. The molecule has 0 N–H and O–H groups in total. The number of hydrogen-bond acceptors (Lipinski definition) is 1. The first-order chi connectivity index (χ1) is 7.43. The minimum atomic E-state index is 0.820. The Morgan fingerprint density at radius 3 is 2.38 bits per heavy atom. The molecule has 0 atom stereocenters. The van der Waals surface area contributed by atoms with E-state index in [0.29, 0.717) is 0 Å². The highest BCUT2D eigenvalue weighted by molar-refractivity contribution is 9.10. The van der Waals surface area contributed by atoms with Crippen molar-refractivity contribution in [1.29, 1.82) is 0 Å². The first-order valence-corrected chi connectivity index (χ1v) is 6.32. The van der Waals surface area contributed by atoms with Crippen LogP contribution in [0.5, 0.6) is 0 Å². The van der Waals surface area contributed by atoms with Gasteiger partial charge >= 0.3 is 0 Å². The predicted octanol–water partition coefficient (Wildman–Crippen LogP) is 4.88. The number of aryl methyl sites for hydroxylation is 3. The molecule has 16 heavy (non-hydrogen) atoms. The molecule has 0 bridgehead atoms. The van der Waals surface area contributed by atoms with Gasteiger partial charge in [-0.1, -0.05) is 27.5 Å². The molecule has 0 unspecified atom stereocenters. The van der Waals surface area contributed by atoms with Crippen molar-refractivity contribution < 1.29 is 0 Å². The zero-order valence-corrected chi connectivity index (χ0v) is 12.1. The van der Waals surface area contributed by atoms with Crippen LogP contribution >= 0.6 is 27.5 Å². The van der Waals surface area contributed by atoms with E-state index in [9.17, 15) is 0 Å². The maximum Gasteiger partial charge on any atom is 0.0726 e. The van der Waals surface area contributed by atoms with Crippen LogP contribution in [0.4, 0.5) is 0 Å². The van der Waals surface area contributed by atoms with Gasteiger partial charge in [0.2, 0.25) is 0 Å². The molecule has 1 aromatic heterocycles. The van der Waals surface area contributed by atoms with Gasteiger partial charge in [0.15, 0.2) is 0 Å². The molecule has 84 valence electrons. The molecular formula is C13H13BrClN. The lowest BCUT2D eigenvalue weighted by atomic mass is 10.0. The highest BCUT2D eigenvalue weighted by Gasteiger charge is 2.12. The van der Waals surface area contributed by atoms with Gasteiger partial charge in [0.05, 0.1) is 10.5 Å². The van der Waals surface area contributed by atoms with Crippen molar-refractivity contribution in [1.82, 2.24) is 4.98 Å². The summed E-state index contributed by atoms with van der Waals surface area (Å²) in [6.45, 7) is 8.15. The molecular weight excluding hydrogens is 286 g/mol. The first-order valence-electron chi connectivity index (χ1n) is 5.15. The molecule has 2 aromatic rings. The first kappa shape index (κ1) is 11.9. The third kappa shape index (κ3) is 1.64. The van der Waals surface area contributed by atoms with Crippen LogP contribution in [0, 0.1) is 27.7 Å². The minimum Gasteiger partial charge on any atom is -0.253 e. The summed E-state index contributed by atoms with van der Waals surface area (Å²) in [7, 11) is 0. The van der Waals surface area contributed by atoms with E-state index in [1.807, 2.05) is 13.8 Å². The maximum atomic E-state index is 6.40. The average Bonchev–Trinajstić information content (AvgIpc) is 2.23. The minimum absolute atomic E-state index is 0.820. The zero-order valence-electron chi connectivity index (χ0n) is 9.78. The normalized spacial score (nSPS) is 11.1. The second kappa shape index (κ2) is 4.01. The Bertz CT molecular complexity index is 542. The maximum absolute atomic E-state index is 6.40. The van der Waals surface area contributed by atoms with Crippen LogP contribution in [-0.4, -0.2) is 4.98 Å². The molecule has 0 spiro atoms. The molecule has 0 aliphatic heterocycles. The molecule has 0 aliphatic rings. The van der Waals surface area contributed by atoms with Crippen LogP contribution in [0.25, 0.3) is 10.9 Å². The van der Waals surface area contributed by atoms with Crippen LogP contribution < -0.4 is 0 Å². The van der Waals surface area contributed by atoms with E-state index in [2.05, 4.69) is 40.8 Å². The van der Waals surface area contributed by atoms with E-state index in [-0.39, 0.29) is 0 Å². The van der Waals surface area contributed by atoms with Gasteiger partial charge in [0.25, 0.3) is 0 Å². The standard InChI is InChI=1S/C13H13BrClN/c1-6-5-10-11(8(3)12(6)14)13(15)7(2)9(4)16-10/h5H,1-4H3. The quantitative estimate of drug-likeness (QED) is 0.675. The van der Waals surface area contributed by atoms with Crippen molar-refractivity contribution in [3.8, 4) is 0 Å². The summed E-state index contributed by atoms with van der Waals surface area (Å²) in [4.78, 5) is 4.59. The van der Waals surface area contributed by atoms with Crippen molar-refractivity contribution in [2.24, 2.45) is 0 Å². The Balaban J connectivity index is 3.03. The lowest BCUT2D eigenvalue weighted by Gasteiger charge is -2.12. The molecule has 1 heterocycles. The van der Waals surface area contributed by atoms with Gasteiger partial charge in [-0.2, -0.15) is 0 Å². The van der Waals surface area contributed by atoms with E-state index in [1.165, 1.54) is 5.56 Å². The molecule has 1 nitrogen and oxygen atoms in total. The van der Waals surface area contributed by atoms with Gasteiger partial charge in [-0.15, -0.1) is 0 Å². The molecule has 2 rings (SSSR count). The van der Waals surface area contributed by atoms with Crippen LogP contribution in [0.15, 0.2) is 10.5 Å². The Morgan fingerprint density at radius 2 is 1.75 bits per heavy atom. The number of nitrogens with zero attached hydrogens (tertiary/aromatic N) is 1. The Hall–Kier alpha value is -0.600. The van der Waals surface area contributed by atoms with E-state index in [1.54, 1.807) is 0 Å². The van der Waals surface area contributed by atoms with E-state index in [4.69, 9.17) is 11.6 Å². The topological polar surface area (TPSA) is 12.9 Å². The summed E-state index contributed by atoms with van der Waals surface area (Å²) in [6, 6.07) is 2.07. The highest BCUT2D eigenvalue weighted by atomic mass is 79.9. The Labute approximate surface area is 109 Å². The van der Waals surface area contributed by atoms with Gasteiger partial charge in [0, 0.05) is 15.6 Å². The van der Waals surface area contributed by atoms with Crippen LogP contribution in [-0.2, 0) is 0 Å². The summed E-state index contributed by atoms with van der Waals surface area (Å²) in [5.74, 6) is 0. The van der Waals surface area contributed by atoms with Crippen LogP contribution in [0.3, 0.4) is 0 Å². The number of aromatic nitrogens is 1. The Kier molecular flexibility index (Phi) is 2.97. The second-order valence-corrected chi connectivity index (χ2v) is 5.33. The van der Waals surface area contributed by atoms with Gasteiger partial charge in [-0.05, 0) is 50.5 Å². The number of fused-ring (bicyclic) bond motifs is 1. The molecule has 1 aromatic carbocycles. The summed E-state index contributed by atoms with van der Waals surface area (Å²) in [5, 5.41) is 1.88. The molecule has 0 aliphatic carbocycles. The van der Waals surface area contributed by atoms with Gasteiger partial charge in [0.1, 0.15) is 0 Å². The van der Waals surface area contributed by atoms with Crippen molar-refractivity contribution in [2.75, 3.05) is 0 Å². The van der Waals surface area contributed by atoms with Crippen molar-refractivity contribution >= 4 is 38.4 Å². The third-order valence-corrected chi connectivity index (χ3v) is 4.73. The van der Waals surface area contributed by atoms with Gasteiger partial charge < -0.3 is 0 Å². The molecule has 0 fully saturated rings. The third-order valence-electron chi connectivity index (χ3n) is 3.04. The molecule has 0 radical (unpaired) electrons.